The van der Waals surface area contributed by atoms with Gasteiger partial charge in [-0.15, -0.1) is 0 Å². The van der Waals surface area contributed by atoms with Crippen molar-refractivity contribution < 1.29 is 14.3 Å². The van der Waals surface area contributed by atoms with Gasteiger partial charge in [0.25, 0.3) is 0 Å². The maximum Gasteiger partial charge on any atom is 0.196 e. The second-order valence-corrected chi connectivity index (χ2v) is 7.90. The molecule has 1 aliphatic carbocycles. The van der Waals surface area contributed by atoms with Crippen molar-refractivity contribution in [1.82, 2.24) is 0 Å². The van der Waals surface area contributed by atoms with E-state index in [1.807, 2.05) is 37.3 Å². The number of nitrogens with one attached hydrogen (secondary N) is 1. The van der Waals surface area contributed by atoms with Gasteiger partial charge in [0.1, 0.15) is 0 Å². The first-order valence-corrected chi connectivity index (χ1v) is 10.4. The molecule has 0 aromatic heterocycles. The Kier molecular flexibility index (Phi) is 4.71. The third-order valence-corrected chi connectivity index (χ3v) is 5.86. The van der Waals surface area contributed by atoms with E-state index >= 15 is 0 Å². The molecule has 0 atom stereocenters. The molecule has 1 fully saturated rings. The predicted octanol–water partition coefficient (Wildman–Crippen LogP) is 3.93. The Morgan fingerprint density at radius 3 is 2.26 bits per heavy atom. The zero-order chi connectivity index (χ0) is 21.5. The third-order valence-electron chi connectivity index (χ3n) is 5.86. The Morgan fingerprint density at radius 1 is 0.903 bits per heavy atom. The van der Waals surface area contributed by atoms with Crippen molar-refractivity contribution >= 4 is 34.3 Å². The van der Waals surface area contributed by atoms with Gasteiger partial charge in [-0.3, -0.25) is 9.59 Å². The van der Waals surface area contributed by atoms with Gasteiger partial charge in [0, 0.05) is 29.9 Å². The Morgan fingerprint density at radius 2 is 1.58 bits per heavy atom. The summed E-state index contributed by atoms with van der Waals surface area (Å²) in [5.74, 6) is -0.411. The number of hydrogen-bond donors (Lipinski definition) is 2. The van der Waals surface area contributed by atoms with E-state index < -0.39 is 0 Å². The van der Waals surface area contributed by atoms with Crippen LogP contribution in [0.5, 0.6) is 0 Å². The largest absolute Gasteiger partial charge is 0.396 e. The number of carbonyl (C=O) groups is 2. The molecule has 5 rings (SSSR count). The molecule has 0 saturated carbocycles. The number of fused-ring (bicyclic) bond motifs is 2. The van der Waals surface area contributed by atoms with Crippen LogP contribution in [0.25, 0.3) is 0 Å². The topological polar surface area (TPSA) is 84.7 Å². The molecule has 0 amide bonds. The van der Waals surface area contributed by atoms with Crippen LogP contribution in [-0.2, 0) is 4.74 Å². The molecule has 1 heterocycles. The van der Waals surface area contributed by atoms with Crippen LogP contribution in [0, 0.1) is 6.92 Å². The van der Waals surface area contributed by atoms with Crippen molar-refractivity contribution in [2.75, 3.05) is 42.3 Å². The van der Waals surface area contributed by atoms with Crippen molar-refractivity contribution in [1.29, 1.82) is 0 Å². The summed E-state index contributed by atoms with van der Waals surface area (Å²) >= 11 is 0. The number of nitrogens with two attached hydrogens (primary N) is 1. The van der Waals surface area contributed by atoms with Gasteiger partial charge in [-0.1, -0.05) is 36.4 Å². The highest BCUT2D eigenvalue weighted by molar-refractivity contribution is 6.32. The van der Waals surface area contributed by atoms with E-state index in [-0.39, 0.29) is 17.1 Å². The molecule has 0 bridgehead atoms. The summed E-state index contributed by atoms with van der Waals surface area (Å²) in [6.45, 7) is 4.53. The lowest BCUT2D eigenvalue weighted by Crippen LogP contribution is -2.37. The molecule has 2 aliphatic rings. The summed E-state index contributed by atoms with van der Waals surface area (Å²) < 4.78 is 5.48. The van der Waals surface area contributed by atoms with Crippen molar-refractivity contribution in [3.63, 3.8) is 0 Å². The first-order valence-electron chi connectivity index (χ1n) is 10.4. The van der Waals surface area contributed by atoms with Gasteiger partial charge in [0.2, 0.25) is 0 Å². The quantitative estimate of drug-likeness (QED) is 0.495. The smallest absolute Gasteiger partial charge is 0.196 e. The molecule has 6 nitrogen and oxygen atoms in total. The Hall–Kier alpha value is -3.64. The Labute approximate surface area is 180 Å². The summed E-state index contributed by atoms with van der Waals surface area (Å²) in [4.78, 5) is 29.1. The van der Waals surface area contributed by atoms with Crippen molar-refractivity contribution in [3.8, 4) is 0 Å². The standard InChI is InChI=1S/C25H23N3O3/c1-15-5-4-6-16(13-15)27-19-14-20(28-9-11-31-12-10-28)23(26)22-21(19)24(29)17-7-2-3-8-18(17)25(22)30/h2-8,13-14,27H,9-12,26H2,1H3. The lowest BCUT2D eigenvalue weighted by atomic mass is 9.81. The minimum absolute atomic E-state index is 0.194. The molecule has 3 N–H and O–H groups in total. The van der Waals surface area contributed by atoms with Crippen LogP contribution in [0.2, 0.25) is 0 Å². The first-order chi connectivity index (χ1) is 15.0. The maximum atomic E-state index is 13.5. The Bertz CT molecular complexity index is 1210. The number of morpholine rings is 1. The van der Waals surface area contributed by atoms with Crippen LogP contribution in [0.1, 0.15) is 37.4 Å². The fourth-order valence-corrected chi connectivity index (χ4v) is 4.35. The van der Waals surface area contributed by atoms with E-state index in [0.29, 0.717) is 54.4 Å². The van der Waals surface area contributed by atoms with E-state index in [1.54, 1.807) is 24.3 Å². The fourth-order valence-electron chi connectivity index (χ4n) is 4.35. The Balaban J connectivity index is 1.72. The van der Waals surface area contributed by atoms with E-state index in [0.717, 1.165) is 16.9 Å². The number of nitrogens with zero attached hydrogens (tertiary/aromatic N) is 1. The lowest BCUT2D eigenvalue weighted by Gasteiger charge is -2.32. The SMILES string of the molecule is Cc1cccc(Nc2cc(N3CCOCC3)c(N)c3c2C(=O)c2ccccc2C3=O)c1. The number of benzene rings is 3. The molecular formula is C25H23N3O3. The van der Waals surface area contributed by atoms with Crippen LogP contribution < -0.4 is 16.0 Å². The monoisotopic (exact) mass is 413 g/mol. The fraction of sp³-hybridized carbons (Fsp3) is 0.200. The summed E-state index contributed by atoms with van der Waals surface area (Å²) in [6.07, 6.45) is 0. The van der Waals surface area contributed by atoms with Crippen LogP contribution in [0.3, 0.4) is 0 Å². The molecule has 156 valence electrons. The highest BCUT2D eigenvalue weighted by Gasteiger charge is 2.35. The van der Waals surface area contributed by atoms with Gasteiger partial charge in [-0.05, 0) is 30.7 Å². The number of aryl methyl sites for hydroxylation is 1. The van der Waals surface area contributed by atoms with Crippen molar-refractivity contribution in [3.05, 3.63) is 82.4 Å². The molecule has 0 spiro atoms. The zero-order valence-electron chi connectivity index (χ0n) is 17.3. The van der Waals surface area contributed by atoms with Crippen LogP contribution in [0.4, 0.5) is 22.7 Å². The van der Waals surface area contributed by atoms with Gasteiger partial charge < -0.3 is 20.7 Å². The molecule has 1 aliphatic heterocycles. The van der Waals surface area contributed by atoms with Crippen LogP contribution >= 0.6 is 0 Å². The lowest BCUT2D eigenvalue weighted by molar-refractivity contribution is 0.0980. The number of rotatable bonds is 3. The average molecular weight is 413 g/mol. The van der Waals surface area contributed by atoms with Gasteiger partial charge >= 0.3 is 0 Å². The second-order valence-electron chi connectivity index (χ2n) is 7.90. The van der Waals surface area contributed by atoms with Crippen molar-refractivity contribution in [2.45, 2.75) is 6.92 Å². The van der Waals surface area contributed by atoms with Crippen molar-refractivity contribution in [2.24, 2.45) is 0 Å². The summed E-state index contributed by atoms with van der Waals surface area (Å²) in [5.41, 5.74) is 11.6. The normalized spacial score (nSPS) is 15.5. The van der Waals surface area contributed by atoms with E-state index in [1.165, 1.54) is 0 Å². The highest BCUT2D eigenvalue weighted by atomic mass is 16.5. The molecule has 31 heavy (non-hydrogen) atoms. The molecule has 3 aromatic rings. The average Bonchev–Trinajstić information content (AvgIpc) is 2.79. The van der Waals surface area contributed by atoms with Crippen LogP contribution in [0.15, 0.2) is 54.6 Å². The van der Waals surface area contributed by atoms with Gasteiger partial charge in [0.15, 0.2) is 11.6 Å². The highest BCUT2D eigenvalue weighted by Crippen LogP contribution is 2.42. The molecular weight excluding hydrogens is 390 g/mol. The number of carbonyl (C=O) groups excluding carboxylic acids is 2. The van der Waals surface area contributed by atoms with Gasteiger partial charge in [-0.2, -0.15) is 0 Å². The van der Waals surface area contributed by atoms with Crippen LogP contribution in [-0.4, -0.2) is 37.9 Å². The van der Waals surface area contributed by atoms with Gasteiger partial charge in [-0.25, -0.2) is 0 Å². The van der Waals surface area contributed by atoms with E-state index in [9.17, 15) is 9.59 Å². The zero-order valence-corrected chi connectivity index (χ0v) is 17.3. The summed E-state index contributed by atoms with van der Waals surface area (Å²) in [5, 5.41) is 3.37. The summed E-state index contributed by atoms with van der Waals surface area (Å²) in [7, 11) is 0. The number of anilines is 4. The number of nitrogen functional groups attached to an aromatic ring is 1. The van der Waals surface area contributed by atoms with E-state index in [4.69, 9.17) is 10.5 Å². The first kappa shape index (κ1) is 19.3. The molecule has 6 heteroatoms. The molecule has 3 aromatic carbocycles. The van der Waals surface area contributed by atoms with Gasteiger partial charge in [0.05, 0.1) is 41.4 Å². The maximum absolute atomic E-state index is 13.5. The number of hydrogen-bond acceptors (Lipinski definition) is 6. The molecule has 1 saturated heterocycles. The molecule has 0 radical (unpaired) electrons. The third kappa shape index (κ3) is 3.25. The number of ketones is 2. The molecule has 0 unspecified atom stereocenters. The summed E-state index contributed by atoms with van der Waals surface area (Å²) in [6, 6.07) is 16.7. The predicted molar refractivity (Wildman–Crippen MR) is 122 cm³/mol. The number of ether oxygens (including phenoxy) is 1. The minimum Gasteiger partial charge on any atom is -0.396 e. The minimum atomic E-state index is -0.217. The van der Waals surface area contributed by atoms with E-state index in [2.05, 4.69) is 10.2 Å². The second kappa shape index (κ2) is 7.56.